The van der Waals surface area contributed by atoms with Gasteiger partial charge in [-0.15, -0.1) is 0 Å². The smallest absolute Gasteiger partial charge is 0.186 e. The lowest BCUT2D eigenvalue weighted by atomic mass is 9.98. The van der Waals surface area contributed by atoms with Crippen LogP contribution in [0.5, 0.6) is 0 Å². The van der Waals surface area contributed by atoms with Gasteiger partial charge >= 0.3 is 0 Å². The summed E-state index contributed by atoms with van der Waals surface area (Å²) in [6, 6.07) is 0. The molecule has 7 N–H and O–H groups in total. The van der Waals surface area contributed by atoms with Crippen molar-refractivity contribution in [3.8, 4) is 0 Å². The molecular weight excluding hydrogens is 528 g/mol. The molecule has 2 heterocycles. The van der Waals surface area contributed by atoms with Gasteiger partial charge in [0, 0.05) is 6.61 Å². The fourth-order valence-corrected chi connectivity index (χ4v) is 4.96. The van der Waals surface area contributed by atoms with E-state index in [1.54, 1.807) is 0 Å². The molecule has 0 aliphatic carbocycles. The Balaban J connectivity index is 1.56. The van der Waals surface area contributed by atoms with Gasteiger partial charge in [-0.2, -0.15) is 0 Å². The molecule has 0 saturated carbocycles. The molecule has 12 heteroatoms. The van der Waals surface area contributed by atoms with E-state index in [0.717, 1.165) is 12.8 Å². The van der Waals surface area contributed by atoms with Crippen LogP contribution < -0.4 is 0 Å². The van der Waals surface area contributed by atoms with E-state index in [2.05, 4.69) is 6.92 Å². The first-order valence-electron chi connectivity index (χ1n) is 15.1. The maximum atomic E-state index is 10.3. The van der Waals surface area contributed by atoms with Crippen molar-refractivity contribution in [1.29, 1.82) is 0 Å². The summed E-state index contributed by atoms with van der Waals surface area (Å²) in [6.07, 6.45) is 0.838. The van der Waals surface area contributed by atoms with Crippen molar-refractivity contribution in [1.82, 2.24) is 0 Å². The van der Waals surface area contributed by atoms with Crippen molar-refractivity contribution >= 4 is 0 Å². The summed E-state index contributed by atoms with van der Waals surface area (Å²) in [5.74, 6) is 0. The van der Waals surface area contributed by atoms with Crippen LogP contribution in [0.4, 0.5) is 0 Å². The zero-order valence-corrected chi connectivity index (χ0v) is 24.0. The molecule has 2 aliphatic heterocycles. The first-order chi connectivity index (χ1) is 19.3. The Morgan fingerprint density at radius 1 is 0.500 bits per heavy atom. The predicted octanol–water partition coefficient (Wildman–Crippen LogP) is 0.345. The minimum atomic E-state index is -1.62. The second-order valence-electron chi connectivity index (χ2n) is 10.9. The molecule has 10 atom stereocenters. The average Bonchev–Trinajstić information content (AvgIpc) is 2.95. The van der Waals surface area contributed by atoms with Crippen LogP contribution >= 0.6 is 0 Å². The van der Waals surface area contributed by atoms with Gasteiger partial charge in [-0.3, -0.25) is 0 Å². The van der Waals surface area contributed by atoms with E-state index < -0.39 is 74.6 Å². The minimum Gasteiger partial charge on any atom is -0.394 e. The molecule has 0 unspecified atom stereocenters. The van der Waals surface area contributed by atoms with Crippen LogP contribution in [0.3, 0.4) is 0 Å². The summed E-state index contributed by atoms with van der Waals surface area (Å²) in [5.41, 5.74) is 0. The van der Waals surface area contributed by atoms with Crippen molar-refractivity contribution in [2.24, 2.45) is 0 Å². The lowest BCUT2D eigenvalue weighted by Gasteiger charge is -2.42. The predicted molar refractivity (Wildman–Crippen MR) is 144 cm³/mol. The summed E-state index contributed by atoms with van der Waals surface area (Å²) in [4.78, 5) is 0. The highest BCUT2D eigenvalue weighted by Crippen LogP contribution is 2.26. The summed E-state index contributed by atoms with van der Waals surface area (Å²) in [5, 5.41) is 69.9. The lowest BCUT2D eigenvalue weighted by molar-refractivity contribution is -0.331. The molecular formula is C28H54O12. The number of hydrogen-bond donors (Lipinski definition) is 7. The second kappa shape index (κ2) is 20.4. The maximum Gasteiger partial charge on any atom is 0.186 e. The van der Waals surface area contributed by atoms with Crippen molar-refractivity contribution < 1.29 is 59.4 Å². The molecule has 238 valence electrons. The van der Waals surface area contributed by atoms with Gasteiger partial charge in [0.15, 0.2) is 12.6 Å². The molecule has 12 nitrogen and oxygen atoms in total. The Labute approximate surface area is 238 Å². The van der Waals surface area contributed by atoms with Crippen LogP contribution in [0.25, 0.3) is 0 Å². The average molecular weight is 583 g/mol. The zero-order chi connectivity index (χ0) is 29.3. The van der Waals surface area contributed by atoms with Crippen LogP contribution in [0, 0.1) is 0 Å². The normalized spacial score (nSPS) is 34.8. The van der Waals surface area contributed by atoms with Gasteiger partial charge in [0.2, 0.25) is 0 Å². The van der Waals surface area contributed by atoms with E-state index in [1.165, 1.54) is 64.2 Å². The lowest BCUT2D eigenvalue weighted by Crippen LogP contribution is -2.61. The summed E-state index contributed by atoms with van der Waals surface area (Å²) >= 11 is 0. The monoisotopic (exact) mass is 582 g/mol. The summed E-state index contributed by atoms with van der Waals surface area (Å²) < 4.78 is 27.4. The number of hydrogen-bond acceptors (Lipinski definition) is 12. The minimum absolute atomic E-state index is 0.100. The van der Waals surface area contributed by atoms with Crippen LogP contribution in [0.2, 0.25) is 0 Å². The first-order valence-corrected chi connectivity index (χ1v) is 15.1. The number of rotatable bonds is 21. The summed E-state index contributed by atoms with van der Waals surface area (Å²) in [6.45, 7) is 2.20. The molecule has 0 spiro atoms. The fourth-order valence-electron chi connectivity index (χ4n) is 4.96. The Morgan fingerprint density at radius 3 is 1.52 bits per heavy atom. The van der Waals surface area contributed by atoms with Crippen molar-refractivity contribution in [3.63, 3.8) is 0 Å². The third-order valence-corrected chi connectivity index (χ3v) is 7.59. The summed E-state index contributed by atoms with van der Waals surface area (Å²) in [7, 11) is 0. The topological polar surface area (TPSA) is 188 Å². The first kappa shape index (κ1) is 35.7. The van der Waals surface area contributed by atoms with E-state index in [9.17, 15) is 35.7 Å². The number of aliphatic hydroxyl groups is 7. The molecule has 0 amide bonds. The highest BCUT2D eigenvalue weighted by molar-refractivity contribution is 4.91. The molecule has 2 rings (SSSR count). The van der Waals surface area contributed by atoms with E-state index in [0.29, 0.717) is 6.61 Å². The van der Waals surface area contributed by atoms with Crippen LogP contribution in [-0.4, -0.2) is 130 Å². The van der Waals surface area contributed by atoms with E-state index in [-0.39, 0.29) is 13.2 Å². The van der Waals surface area contributed by atoms with Gasteiger partial charge in [-0.05, 0) is 6.42 Å². The highest BCUT2D eigenvalue weighted by Gasteiger charge is 2.47. The molecule has 0 aromatic heterocycles. The molecule has 2 fully saturated rings. The quantitative estimate of drug-likeness (QED) is 0.0922. The van der Waals surface area contributed by atoms with Gasteiger partial charge in [0.25, 0.3) is 0 Å². The van der Waals surface area contributed by atoms with E-state index >= 15 is 0 Å². The molecule has 0 bridgehead atoms. The highest BCUT2D eigenvalue weighted by atomic mass is 16.7. The SMILES string of the molecule is CCCCCCCCCCCCCCOCCO[C@@H]1O[C@H](CO[C@H]2O[C@H](CO)[C@H](O)[C@H](O)[C@H]2O)[C@@H](O)[C@H](O)[C@H]1O. The standard InChI is InChI=1S/C28H54O12/c1-2-3-4-5-6-7-8-9-10-11-12-13-14-36-15-16-37-27-25(34)24(33)22(31)20(40-27)18-38-28-26(35)23(32)21(30)19(17-29)39-28/h19-35H,2-18H2,1H3/t19-,20-,21+,22-,23+,24+,25-,26-,27-,28+/m1/s1. The molecule has 40 heavy (non-hydrogen) atoms. The maximum absolute atomic E-state index is 10.3. The van der Waals surface area contributed by atoms with Gasteiger partial charge in [0.1, 0.15) is 48.8 Å². The number of unbranched alkanes of at least 4 members (excludes halogenated alkanes) is 11. The Morgan fingerprint density at radius 2 is 0.975 bits per heavy atom. The van der Waals surface area contributed by atoms with E-state index in [1.807, 2.05) is 0 Å². The number of aliphatic hydroxyl groups excluding tert-OH is 7. The third kappa shape index (κ3) is 12.0. The number of ether oxygens (including phenoxy) is 5. The fraction of sp³-hybridized carbons (Fsp3) is 1.00. The largest absolute Gasteiger partial charge is 0.394 e. The molecule has 0 radical (unpaired) electrons. The molecule has 0 aromatic rings. The van der Waals surface area contributed by atoms with Crippen molar-refractivity contribution in [3.05, 3.63) is 0 Å². The van der Waals surface area contributed by atoms with E-state index in [4.69, 9.17) is 23.7 Å². The molecule has 2 saturated heterocycles. The Kier molecular flexibility index (Phi) is 18.2. The Bertz CT molecular complexity index is 626. The molecule has 2 aliphatic rings. The van der Waals surface area contributed by atoms with Crippen LogP contribution in [0.15, 0.2) is 0 Å². The van der Waals surface area contributed by atoms with Gasteiger partial charge in [0.05, 0.1) is 26.4 Å². The van der Waals surface area contributed by atoms with Gasteiger partial charge in [-0.25, -0.2) is 0 Å². The zero-order valence-electron chi connectivity index (χ0n) is 24.0. The van der Waals surface area contributed by atoms with Crippen LogP contribution in [0.1, 0.15) is 84.0 Å². The van der Waals surface area contributed by atoms with Gasteiger partial charge < -0.3 is 59.4 Å². The van der Waals surface area contributed by atoms with Crippen LogP contribution in [-0.2, 0) is 23.7 Å². The third-order valence-electron chi connectivity index (χ3n) is 7.59. The molecule has 0 aromatic carbocycles. The second-order valence-corrected chi connectivity index (χ2v) is 10.9. The van der Waals surface area contributed by atoms with Gasteiger partial charge in [-0.1, -0.05) is 77.6 Å². The van der Waals surface area contributed by atoms with Crippen molar-refractivity contribution in [2.75, 3.05) is 33.0 Å². The Hall–Kier alpha value is -0.480. The van der Waals surface area contributed by atoms with Crippen molar-refractivity contribution in [2.45, 2.75) is 145 Å².